The highest BCUT2D eigenvalue weighted by Crippen LogP contribution is 2.61. The van der Waals surface area contributed by atoms with E-state index in [-0.39, 0.29) is 50.2 Å². The van der Waals surface area contributed by atoms with Gasteiger partial charge in [0.25, 0.3) is 0 Å². The molecule has 2 aromatic rings. The smallest absolute Gasteiger partial charge is 0.416 e. The molecule has 1 unspecified atom stereocenters. The van der Waals surface area contributed by atoms with Crippen LogP contribution in [0.15, 0.2) is 6.20 Å². The first kappa shape index (κ1) is 41.7. The largest absolute Gasteiger partial charge is 0.464 e. The van der Waals surface area contributed by atoms with Crippen molar-refractivity contribution in [2.45, 2.75) is 135 Å². The van der Waals surface area contributed by atoms with E-state index < -0.39 is 67.5 Å². The van der Waals surface area contributed by atoms with Crippen molar-refractivity contribution in [3.8, 4) is 0 Å². The number of nitrogens with zero attached hydrogens (tertiary/aromatic N) is 5. The number of anilines is 1. The fourth-order valence-corrected chi connectivity index (χ4v) is 8.71. The quantitative estimate of drug-likeness (QED) is 0.107. The van der Waals surface area contributed by atoms with E-state index in [0.717, 1.165) is 25.7 Å². The third-order valence-electron chi connectivity index (χ3n) is 8.91. The topological polar surface area (TPSA) is 181 Å². The molecule has 1 aliphatic carbocycles. The molecule has 1 saturated carbocycles. The summed E-state index contributed by atoms with van der Waals surface area (Å²) in [5, 5.41) is 3.36. The molecule has 3 aliphatic rings. The molecule has 53 heavy (non-hydrogen) atoms. The van der Waals surface area contributed by atoms with Crippen molar-refractivity contribution in [3.05, 3.63) is 11.5 Å². The molecule has 3 fully saturated rings. The van der Waals surface area contributed by atoms with E-state index in [9.17, 15) is 14.2 Å². The summed E-state index contributed by atoms with van der Waals surface area (Å²) in [6.07, 6.45) is 1.44. The van der Waals surface area contributed by atoms with Crippen molar-refractivity contribution in [2.24, 2.45) is 0 Å². The van der Waals surface area contributed by atoms with Gasteiger partial charge in [0, 0.05) is 6.04 Å². The lowest BCUT2D eigenvalue weighted by Gasteiger charge is -2.36. The van der Waals surface area contributed by atoms with Crippen molar-refractivity contribution >= 4 is 48.1 Å². The standard InChI is InChI=1S/C34H53ClN5O12P/c1-10-45-24(41)19-44-20-34(9,53(43,47-11-2)48-12-3)46-18-23-25-26(51-33(7,8)50-25)29(49-23)40-28-22(17-36-40)27(37-30(35)38-28)39(21-15-13-14-16-21)31(42)52-32(4,5)6/h17,21,23,25-26,29H,10-16,18-20H2,1-9H3/t23-,25-,26-,29-,34?/m1/s1. The third kappa shape index (κ3) is 9.33. The van der Waals surface area contributed by atoms with Gasteiger partial charge in [-0.3, -0.25) is 9.46 Å². The normalized spacial score (nSPS) is 24.3. The summed E-state index contributed by atoms with van der Waals surface area (Å²) in [5.74, 6) is -1.31. The molecule has 4 heterocycles. The van der Waals surface area contributed by atoms with Crippen LogP contribution in [0.5, 0.6) is 0 Å². The first-order chi connectivity index (χ1) is 24.9. The highest BCUT2D eigenvalue weighted by molar-refractivity contribution is 7.55. The zero-order valence-electron chi connectivity index (χ0n) is 32.0. The molecule has 2 aromatic heterocycles. The van der Waals surface area contributed by atoms with Crippen molar-refractivity contribution in [1.29, 1.82) is 0 Å². The van der Waals surface area contributed by atoms with E-state index in [0.29, 0.717) is 11.0 Å². The summed E-state index contributed by atoms with van der Waals surface area (Å²) >= 11 is 6.56. The molecule has 2 aliphatic heterocycles. The molecule has 0 N–H and O–H groups in total. The molecule has 17 nitrogen and oxygen atoms in total. The van der Waals surface area contributed by atoms with Crippen LogP contribution in [-0.2, 0) is 51.6 Å². The van der Waals surface area contributed by atoms with Gasteiger partial charge in [0.15, 0.2) is 28.8 Å². The Bertz CT molecular complexity index is 1640. The van der Waals surface area contributed by atoms with Crippen molar-refractivity contribution < 1.29 is 56.4 Å². The molecule has 298 valence electrons. The summed E-state index contributed by atoms with van der Waals surface area (Å²) < 4.78 is 69.0. The lowest BCUT2D eigenvalue weighted by molar-refractivity contribution is -0.207. The highest BCUT2D eigenvalue weighted by Gasteiger charge is 2.58. The summed E-state index contributed by atoms with van der Waals surface area (Å²) in [5.41, 5.74) is -0.438. The summed E-state index contributed by atoms with van der Waals surface area (Å²) in [4.78, 5) is 36.3. The van der Waals surface area contributed by atoms with Crippen molar-refractivity contribution in [2.75, 3.05) is 44.5 Å². The fraction of sp³-hybridized carbons (Fsp3) is 0.794. The number of amides is 1. The van der Waals surface area contributed by atoms with E-state index in [1.807, 2.05) is 20.8 Å². The number of esters is 1. The van der Waals surface area contributed by atoms with E-state index in [2.05, 4.69) is 15.1 Å². The second kappa shape index (κ2) is 16.7. The Morgan fingerprint density at radius 1 is 1.04 bits per heavy atom. The number of hydrogen-bond donors (Lipinski definition) is 0. The number of ether oxygens (including phenoxy) is 7. The maximum atomic E-state index is 14.2. The Balaban J connectivity index is 1.46. The van der Waals surface area contributed by atoms with Gasteiger partial charge < -0.3 is 42.2 Å². The summed E-state index contributed by atoms with van der Waals surface area (Å²) in [7, 11) is -3.99. The molecular weight excluding hydrogens is 737 g/mol. The monoisotopic (exact) mass is 789 g/mol. The van der Waals surface area contributed by atoms with Crippen molar-refractivity contribution in [3.63, 3.8) is 0 Å². The van der Waals surface area contributed by atoms with Crippen LogP contribution >= 0.6 is 19.2 Å². The average molecular weight is 790 g/mol. The summed E-state index contributed by atoms with van der Waals surface area (Å²) in [6, 6.07) is -0.150. The molecule has 19 heteroatoms. The van der Waals surface area contributed by atoms with Gasteiger partial charge >= 0.3 is 19.7 Å². The zero-order chi connectivity index (χ0) is 38.8. The van der Waals surface area contributed by atoms with Crippen LogP contribution in [0.4, 0.5) is 10.6 Å². The number of carbonyl (C=O) groups is 2. The average Bonchev–Trinajstić information content (AvgIpc) is 3.84. The first-order valence-electron chi connectivity index (χ1n) is 18.1. The number of fused-ring (bicyclic) bond motifs is 2. The first-order valence-corrected chi connectivity index (χ1v) is 20.1. The number of rotatable bonds is 16. The van der Waals surface area contributed by atoms with E-state index in [4.69, 9.17) is 53.8 Å². The molecule has 2 saturated heterocycles. The minimum Gasteiger partial charge on any atom is -0.464 e. The van der Waals surface area contributed by atoms with Gasteiger partial charge in [-0.2, -0.15) is 15.1 Å². The Morgan fingerprint density at radius 2 is 1.70 bits per heavy atom. The SMILES string of the molecule is CCOC(=O)COCC(C)(OC[C@H]1O[C@@H](n2ncc3c(N(C(=O)OC(C)(C)C)C4CCCC4)nc(Cl)nc32)[C@@H]2OC(C)(C)O[C@@H]21)P(=O)(OCC)OCC. The van der Waals surface area contributed by atoms with Gasteiger partial charge in [0.05, 0.1) is 44.6 Å². The van der Waals surface area contributed by atoms with Crippen molar-refractivity contribution in [1.82, 2.24) is 19.7 Å². The fourth-order valence-electron chi connectivity index (χ4n) is 6.77. The Kier molecular flexibility index (Phi) is 13.2. The predicted molar refractivity (Wildman–Crippen MR) is 192 cm³/mol. The molecule has 1 amide bonds. The minimum absolute atomic E-state index is 0.0663. The second-order valence-corrected chi connectivity index (χ2v) is 17.5. The lowest BCUT2D eigenvalue weighted by atomic mass is 10.1. The highest BCUT2D eigenvalue weighted by atomic mass is 35.5. The van der Waals surface area contributed by atoms with Crippen LogP contribution in [0, 0.1) is 0 Å². The summed E-state index contributed by atoms with van der Waals surface area (Å²) in [6.45, 7) is 15.0. The van der Waals surface area contributed by atoms with Crippen LogP contribution in [-0.4, -0.2) is 113 Å². The number of halogens is 1. The maximum absolute atomic E-state index is 14.2. The van der Waals surface area contributed by atoms with E-state index in [1.54, 1.807) is 45.7 Å². The van der Waals surface area contributed by atoms with Gasteiger partial charge in [0.2, 0.25) is 5.28 Å². The van der Waals surface area contributed by atoms with Crippen LogP contribution < -0.4 is 4.90 Å². The number of carbonyl (C=O) groups excluding carboxylic acids is 2. The van der Waals surface area contributed by atoms with Crippen LogP contribution in [0.3, 0.4) is 0 Å². The van der Waals surface area contributed by atoms with Crippen LogP contribution in [0.2, 0.25) is 5.28 Å². The zero-order valence-corrected chi connectivity index (χ0v) is 33.6. The Labute approximate surface area is 315 Å². The lowest BCUT2D eigenvalue weighted by Crippen LogP contribution is -2.43. The van der Waals surface area contributed by atoms with Crippen LogP contribution in [0.25, 0.3) is 11.0 Å². The molecule has 0 aromatic carbocycles. The number of hydrogen-bond acceptors (Lipinski definition) is 15. The minimum atomic E-state index is -3.99. The third-order valence-corrected chi connectivity index (χ3v) is 11.7. The van der Waals surface area contributed by atoms with E-state index >= 15 is 0 Å². The Morgan fingerprint density at radius 3 is 2.32 bits per heavy atom. The molecule has 5 atom stereocenters. The van der Waals surface area contributed by atoms with Gasteiger partial charge in [0.1, 0.15) is 30.5 Å². The van der Waals surface area contributed by atoms with Gasteiger partial charge in [-0.25, -0.2) is 14.3 Å². The molecule has 5 rings (SSSR count). The van der Waals surface area contributed by atoms with Gasteiger partial charge in [-0.15, -0.1) is 0 Å². The van der Waals surface area contributed by atoms with Crippen LogP contribution in [0.1, 0.15) is 94.2 Å². The Hall–Kier alpha value is -2.47. The predicted octanol–water partition coefficient (Wildman–Crippen LogP) is 6.16. The second-order valence-electron chi connectivity index (χ2n) is 14.7. The van der Waals surface area contributed by atoms with E-state index in [1.165, 1.54) is 11.6 Å². The molecule has 0 bridgehead atoms. The molecular formula is C34H53ClN5O12P. The molecule has 0 radical (unpaired) electrons. The van der Waals surface area contributed by atoms with Gasteiger partial charge in [-0.05, 0) is 86.8 Å². The number of aromatic nitrogens is 4. The molecule has 0 spiro atoms. The maximum Gasteiger partial charge on any atom is 0.416 e. The van der Waals surface area contributed by atoms with Gasteiger partial charge in [-0.1, -0.05) is 12.8 Å².